The van der Waals surface area contributed by atoms with Crippen molar-refractivity contribution in [2.24, 2.45) is 5.41 Å². The number of aromatic nitrogens is 3. The van der Waals surface area contributed by atoms with Crippen LogP contribution in [-0.4, -0.2) is 39.1 Å². The quantitative estimate of drug-likeness (QED) is 0.820. The lowest BCUT2D eigenvalue weighted by molar-refractivity contribution is -0.139. The van der Waals surface area contributed by atoms with Crippen LogP contribution in [0.4, 0.5) is 0 Å². The average Bonchev–Trinajstić information content (AvgIpc) is 2.84. The van der Waals surface area contributed by atoms with Gasteiger partial charge in [-0.1, -0.05) is 12.2 Å². The van der Waals surface area contributed by atoms with E-state index >= 15 is 0 Å². The molecule has 1 aromatic heterocycles. The minimum Gasteiger partial charge on any atom is -0.341 e. The molecule has 1 amide bonds. The summed E-state index contributed by atoms with van der Waals surface area (Å²) in [6.45, 7) is 10.9. The van der Waals surface area contributed by atoms with Gasteiger partial charge in [0.05, 0.1) is 5.41 Å². The van der Waals surface area contributed by atoms with Crippen LogP contribution in [0.25, 0.3) is 0 Å². The fourth-order valence-corrected chi connectivity index (χ4v) is 2.44. The molecule has 0 spiro atoms. The smallest absolute Gasteiger partial charge is 0.340 e. The van der Waals surface area contributed by atoms with Crippen molar-refractivity contribution < 1.29 is 4.79 Å². The molecule has 6 heteroatoms. The van der Waals surface area contributed by atoms with Crippen LogP contribution in [0.2, 0.25) is 0 Å². The number of nitrogens with zero attached hydrogens (tertiary/aromatic N) is 2. The third-order valence-electron chi connectivity index (χ3n) is 4.22. The van der Waals surface area contributed by atoms with Gasteiger partial charge in [-0.2, -0.15) is 5.10 Å². The molecule has 6 nitrogen and oxygen atoms in total. The normalized spacial score (nSPS) is 19.9. The summed E-state index contributed by atoms with van der Waals surface area (Å²) in [7, 11) is 0. The Morgan fingerprint density at radius 2 is 2.20 bits per heavy atom. The van der Waals surface area contributed by atoms with E-state index in [-0.39, 0.29) is 17.5 Å². The van der Waals surface area contributed by atoms with Crippen LogP contribution in [0.3, 0.4) is 0 Å². The molecule has 1 saturated heterocycles. The van der Waals surface area contributed by atoms with Gasteiger partial charge in [0.25, 0.3) is 0 Å². The maximum Gasteiger partial charge on any atom is 0.340 e. The van der Waals surface area contributed by atoms with Crippen molar-refractivity contribution in [3.63, 3.8) is 0 Å². The third-order valence-corrected chi connectivity index (χ3v) is 4.22. The molecule has 1 atom stereocenters. The lowest BCUT2D eigenvalue weighted by Gasteiger charge is -2.37. The molecule has 1 fully saturated rings. The van der Waals surface area contributed by atoms with Gasteiger partial charge in [0.2, 0.25) is 5.91 Å². The van der Waals surface area contributed by atoms with Gasteiger partial charge in [-0.25, -0.2) is 9.89 Å². The second kappa shape index (κ2) is 5.26. The van der Waals surface area contributed by atoms with Crippen molar-refractivity contribution in [2.75, 3.05) is 13.1 Å². The zero-order valence-electron chi connectivity index (χ0n) is 12.3. The van der Waals surface area contributed by atoms with Gasteiger partial charge in [-0.15, -0.1) is 0 Å². The van der Waals surface area contributed by atoms with E-state index < -0.39 is 5.41 Å². The lowest BCUT2D eigenvalue weighted by Crippen LogP contribution is -2.46. The first-order valence-electron chi connectivity index (χ1n) is 6.92. The molecule has 1 aliphatic rings. The molecule has 1 aliphatic heterocycles. The Balaban J connectivity index is 2.13. The van der Waals surface area contributed by atoms with E-state index in [1.54, 1.807) is 0 Å². The summed E-state index contributed by atoms with van der Waals surface area (Å²) < 4.78 is 0. The third kappa shape index (κ3) is 2.69. The summed E-state index contributed by atoms with van der Waals surface area (Å²) in [4.78, 5) is 28.3. The highest BCUT2D eigenvalue weighted by Gasteiger charge is 2.35. The number of piperidine rings is 1. The van der Waals surface area contributed by atoms with Crippen LogP contribution in [0.5, 0.6) is 0 Å². The highest BCUT2D eigenvalue weighted by atomic mass is 16.2. The highest BCUT2D eigenvalue weighted by molar-refractivity contribution is 5.85. The number of H-pyrrole nitrogens is 2. The van der Waals surface area contributed by atoms with Crippen LogP contribution in [0.15, 0.2) is 16.9 Å². The molecule has 0 radical (unpaired) electrons. The molecule has 2 N–H and O–H groups in total. The standard InChI is InChI=1S/C14H22N4O2/c1-9(2)14(3,4)12(19)18-7-5-6-10(8-18)11-15-13(20)17-16-11/h10H,1,5-8H2,2-4H3,(H2,15,16,17,20). The van der Waals surface area contributed by atoms with E-state index in [2.05, 4.69) is 21.8 Å². The van der Waals surface area contributed by atoms with E-state index in [1.165, 1.54) is 0 Å². The van der Waals surface area contributed by atoms with Crippen LogP contribution >= 0.6 is 0 Å². The van der Waals surface area contributed by atoms with Crippen molar-refractivity contribution in [2.45, 2.75) is 39.5 Å². The summed E-state index contributed by atoms with van der Waals surface area (Å²) in [6, 6.07) is 0. The van der Waals surface area contributed by atoms with Gasteiger partial charge in [0, 0.05) is 19.0 Å². The first-order valence-corrected chi connectivity index (χ1v) is 6.92. The number of carbonyl (C=O) groups excluding carboxylic acids is 1. The van der Waals surface area contributed by atoms with Gasteiger partial charge in [0.1, 0.15) is 5.82 Å². The fourth-order valence-electron chi connectivity index (χ4n) is 2.44. The molecule has 0 aliphatic carbocycles. The number of rotatable bonds is 3. The number of nitrogens with one attached hydrogen (secondary N) is 2. The summed E-state index contributed by atoms with van der Waals surface area (Å²) in [5, 5.41) is 6.36. The Labute approximate surface area is 118 Å². The largest absolute Gasteiger partial charge is 0.341 e. The Kier molecular flexibility index (Phi) is 3.83. The van der Waals surface area contributed by atoms with Crippen molar-refractivity contribution >= 4 is 5.91 Å². The molecule has 2 rings (SSSR count). The Hall–Kier alpha value is -1.85. The van der Waals surface area contributed by atoms with Gasteiger partial charge < -0.3 is 4.90 Å². The predicted octanol–water partition coefficient (Wildman–Crippen LogP) is 1.41. The maximum absolute atomic E-state index is 12.6. The SMILES string of the molecule is C=C(C)C(C)(C)C(=O)N1CCCC(c2n[nH]c(=O)[nH]2)C1. The fraction of sp³-hybridized carbons (Fsp3) is 0.643. The van der Waals surface area contributed by atoms with Gasteiger partial charge in [-0.05, 0) is 33.6 Å². The minimum absolute atomic E-state index is 0.0903. The van der Waals surface area contributed by atoms with Crippen LogP contribution in [0.1, 0.15) is 45.4 Å². The molecular weight excluding hydrogens is 256 g/mol. The van der Waals surface area contributed by atoms with Crippen LogP contribution in [0, 0.1) is 5.41 Å². The number of hydrogen-bond donors (Lipinski definition) is 2. The Bertz CT molecular complexity index is 570. The number of amides is 1. The van der Waals surface area contributed by atoms with Crippen LogP contribution < -0.4 is 5.69 Å². The second-order valence-corrected chi connectivity index (χ2v) is 6.06. The molecule has 20 heavy (non-hydrogen) atoms. The maximum atomic E-state index is 12.6. The molecule has 0 bridgehead atoms. The highest BCUT2D eigenvalue weighted by Crippen LogP contribution is 2.31. The van der Waals surface area contributed by atoms with E-state index in [0.717, 1.165) is 25.0 Å². The van der Waals surface area contributed by atoms with Gasteiger partial charge in [-0.3, -0.25) is 9.78 Å². The second-order valence-electron chi connectivity index (χ2n) is 6.06. The molecule has 1 aromatic rings. The van der Waals surface area contributed by atoms with Crippen LogP contribution in [-0.2, 0) is 4.79 Å². The number of hydrogen-bond acceptors (Lipinski definition) is 3. The summed E-state index contributed by atoms with van der Waals surface area (Å²) in [6.07, 6.45) is 1.84. The van der Waals surface area contributed by atoms with Crippen molar-refractivity contribution in [1.82, 2.24) is 20.1 Å². The summed E-state index contributed by atoms with van der Waals surface area (Å²) in [5.74, 6) is 0.820. The predicted molar refractivity (Wildman–Crippen MR) is 76.4 cm³/mol. The monoisotopic (exact) mass is 278 g/mol. The minimum atomic E-state index is -0.555. The molecular formula is C14H22N4O2. The first kappa shape index (κ1) is 14.6. The lowest BCUT2D eigenvalue weighted by atomic mass is 9.83. The first-order chi connectivity index (χ1) is 9.32. The van der Waals surface area contributed by atoms with Crippen molar-refractivity contribution in [3.05, 3.63) is 28.5 Å². The van der Waals surface area contributed by atoms with Crippen molar-refractivity contribution in [3.8, 4) is 0 Å². The van der Waals surface area contributed by atoms with Gasteiger partial charge >= 0.3 is 5.69 Å². The van der Waals surface area contributed by atoms with E-state index in [0.29, 0.717) is 12.4 Å². The Morgan fingerprint density at radius 3 is 2.75 bits per heavy atom. The topological polar surface area (TPSA) is 81.8 Å². The number of aromatic amines is 2. The molecule has 2 heterocycles. The zero-order valence-corrected chi connectivity index (χ0v) is 12.3. The zero-order chi connectivity index (χ0) is 14.9. The molecule has 0 saturated carbocycles. The van der Waals surface area contributed by atoms with E-state index in [4.69, 9.17) is 0 Å². The number of likely N-dealkylation sites (tertiary alicyclic amines) is 1. The van der Waals surface area contributed by atoms with E-state index in [9.17, 15) is 9.59 Å². The van der Waals surface area contributed by atoms with Gasteiger partial charge in [0.15, 0.2) is 0 Å². The average molecular weight is 278 g/mol. The summed E-state index contributed by atoms with van der Waals surface area (Å²) in [5.41, 5.74) is 0.00412. The molecule has 110 valence electrons. The summed E-state index contributed by atoms with van der Waals surface area (Å²) >= 11 is 0. The van der Waals surface area contributed by atoms with E-state index in [1.807, 2.05) is 25.7 Å². The molecule has 1 unspecified atom stereocenters. The Morgan fingerprint density at radius 1 is 1.50 bits per heavy atom. The van der Waals surface area contributed by atoms with Crippen molar-refractivity contribution in [1.29, 1.82) is 0 Å². The molecule has 0 aromatic carbocycles. The number of carbonyl (C=O) groups is 1.